The predicted octanol–water partition coefficient (Wildman–Crippen LogP) is 1.03. The summed E-state index contributed by atoms with van der Waals surface area (Å²) in [6, 6.07) is 0. The SMILES string of the molecule is Cc1[nH]ncc1CCCN.Cl. The summed E-state index contributed by atoms with van der Waals surface area (Å²) >= 11 is 0. The number of H-pyrrole nitrogens is 1. The maximum absolute atomic E-state index is 5.36. The molecule has 0 saturated heterocycles. The zero-order valence-electron chi connectivity index (χ0n) is 6.63. The summed E-state index contributed by atoms with van der Waals surface area (Å²) in [5.41, 5.74) is 7.81. The normalized spacial score (nSPS) is 9.27. The molecule has 0 aliphatic heterocycles. The van der Waals surface area contributed by atoms with Gasteiger partial charge >= 0.3 is 0 Å². The van der Waals surface area contributed by atoms with Gasteiger partial charge in [0.05, 0.1) is 6.20 Å². The van der Waals surface area contributed by atoms with Gasteiger partial charge in [0.1, 0.15) is 0 Å². The van der Waals surface area contributed by atoms with Crippen LogP contribution < -0.4 is 5.73 Å². The van der Waals surface area contributed by atoms with E-state index < -0.39 is 0 Å². The fourth-order valence-corrected chi connectivity index (χ4v) is 0.920. The minimum absolute atomic E-state index is 0. The third-order valence-corrected chi connectivity index (χ3v) is 1.58. The Kier molecular flexibility index (Phi) is 4.90. The average Bonchev–Trinajstić information content (AvgIpc) is 2.31. The number of hydrogen-bond donors (Lipinski definition) is 2. The number of halogens is 1. The molecule has 1 heterocycles. The molecule has 0 spiro atoms. The monoisotopic (exact) mass is 175 g/mol. The molecule has 1 rings (SSSR count). The average molecular weight is 176 g/mol. The van der Waals surface area contributed by atoms with Gasteiger partial charge < -0.3 is 5.73 Å². The Labute approximate surface area is 72.8 Å². The zero-order valence-corrected chi connectivity index (χ0v) is 7.45. The largest absolute Gasteiger partial charge is 0.330 e. The van der Waals surface area contributed by atoms with Crippen LogP contribution in [0.4, 0.5) is 0 Å². The first-order chi connectivity index (χ1) is 4.84. The standard InChI is InChI=1S/C7H13N3.ClH/c1-6-7(3-2-4-8)5-9-10-6;/h5H,2-4,8H2,1H3,(H,9,10);1H. The van der Waals surface area contributed by atoms with Crippen molar-refractivity contribution in [1.82, 2.24) is 10.2 Å². The van der Waals surface area contributed by atoms with Crippen molar-refractivity contribution in [1.29, 1.82) is 0 Å². The number of nitrogens with two attached hydrogens (primary N) is 1. The second-order valence-electron chi connectivity index (χ2n) is 2.41. The highest BCUT2D eigenvalue weighted by atomic mass is 35.5. The van der Waals surface area contributed by atoms with E-state index in [1.165, 1.54) is 5.56 Å². The number of nitrogens with one attached hydrogen (secondary N) is 1. The van der Waals surface area contributed by atoms with Crippen molar-refractivity contribution in [2.45, 2.75) is 19.8 Å². The van der Waals surface area contributed by atoms with Crippen molar-refractivity contribution >= 4 is 12.4 Å². The molecule has 0 fully saturated rings. The summed E-state index contributed by atoms with van der Waals surface area (Å²) in [7, 11) is 0. The van der Waals surface area contributed by atoms with Gasteiger partial charge in [0, 0.05) is 5.69 Å². The van der Waals surface area contributed by atoms with E-state index in [9.17, 15) is 0 Å². The Bertz CT molecular complexity index is 197. The molecule has 0 aromatic carbocycles. The van der Waals surface area contributed by atoms with E-state index >= 15 is 0 Å². The van der Waals surface area contributed by atoms with Crippen LogP contribution in [0.3, 0.4) is 0 Å². The van der Waals surface area contributed by atoms with Crippen LogP contribution in [0.15, 0.2) is 6.20 Å². The lowest BCUT2D eigenvalue weighted by Crippen LogP contribution is -2.00. The van der Waals surface area contributed by atoms with Crippen LogP contribution in [-0.2, 0) is 6.42 Å². The molecule has 1 aromatic rings. The summed E-state index contributed by atoms with van der Waals surface area (Å²) in [5, 5.41) is 6.80. The van der Waals surface area contributed by atoms with E-state index in [0.717, 1.165) is 25.1 Å². The Balaban J connectivity index is 0.000001000. The number of nitrogens with zero attached hydrogens (tertiary/aromatic N) is 1. The fourth-order valence-electron chi connectivity index (χ4n) is 0.920. The maximum Gasteiger partial charge on any atom is 0.0522 e. The van der Waals surface area contributed by atoms with Gasteiger partial charge in [-0.2, -0.15) is 5.10 Å². The Morgan fingerprint density at radius 1 is 1.64 bits per heavy atom. The second-order valence-corrected chi connectivity index (χ2v) is 2.41. The molecule has 4 heteroatoms. The van der Waals surface area contributed by atoms with Crippen molar-refractivity contribution in [2.75, 3.05) is 6.54 Å². The molecule has 0 aliphatic carbocycles. The van der Waals surface area contributed by atoms with Crippen molar-refractivity contribution in [2.24, 2.45) is 5.73 Å². The quantitative estimate of drug-likeness (QED) is 0.721. The van der Waals surface area contributed by atoms with Crippen LogP contribution >= 0.6 is 12.4 Å². The van der Waals surface area contributed by atoms with Gasteiger partial charge in [-0.25, -0.2) is 0 Å². The molecule has 64 valence electrons. The van der Waals surface area contributed by atoms with Crippen molar-refractivity contribution in [3.63, 3.8) is 0 Å². The van der Waals surface area contributed by atoms with E-state index in [1.807, 2.05) is 13.1 Å². The minimum Gasteiger partial charge on any atom is -0.330 e. The molecule has 3 nitrogen and oxygen atoms in total. The zero-order chi connectivity index (χ0) is 7.40. The van der Waals surface area contributed by atoms with Crippen molar-refractivity contribution in [3.05, 3.63) is 17.5 Å². The highest BCUT2D eigenvalue weighted by molar-refractivity contribution is 5.85. The predicted molar refractivity (Wildman–Crippen MR) is 47.9 cm³/mol. The van der Waals surface area contributed by atoms with Gasteiger partial charge in [-0.1, -0.05) is 0 Å². The third-order valence-electron chi connectivity index (χ3n) is 1.58. The van der Waals surface area contributed by atoms with Crippen LogP contribution in [0.2, 0.25) is 0 Å². The summed E-state index contributed by atoms with van der Waals surface area (Å²) < 4.78 is 0. The second kappa shape index (κ2) is 5.16. The minimum atomic E-state index is 0. The van der Waals surface area contributed by atoms with Gasteiger partial charge in [-0.15, -0.1) is 12.4 Å². The summed E-state index contributed by atoms with van der Waals surface area (Å²) in [6.07, 6.45) is 3.95. The molecule has 0 saturated carbocycles. The topological polar surface area (TPSA) is 54.7 Å². The highest BCUT2D eigenvalue weighted by Crippen LogP contribution is 2.04. The number of aromatic amines is 1. The van der Waals surface area contributed by atoms with Crippen LogP contribution in [0.5, 0.6) is 0 Å². The lowest BCUT2D eigenvalue weighted by Gasteiger charge is -1.94. The fraction of sp³-hybridized carbons (Fsp3) is 0.571. The van der Waals surface area contributed by atoms with Crippen LogP contribution in [0.25, 0.3) is 0 Å². The Morgan fingerprint density at radius 3 is 2.82 bits per heavy atom. The van der Waals surface area contributed by atoms with Crippen LogP contribution in [0.1, 0.15) is 17.7 Å². The summed E-state index contributed by atoms with van der Waals surface area (Å²) in [4.78, 5) is 0. The van der Waals surface area contributed by atoms with E-state index in [-0.39, 0.29) is 12.4 Å². The van der Waals surface area contributed by atoms with Crippen LogP contribution in [0, 0.1) is 6.92 Å². The Hall–Kier alpha value is -0.540. The summed E-state index contributed by atoms with van der Waals surface area (Å²) in [5.74, 6) is 0. The number of aryl methyl sites for hydroxylation is 2. The molecule has 0 atom stereocenters. The molecule has 1 aromatic heterocycles. The van der Waals surface area contributed by atoms with Crippen LogP contribution in [-0.4, -0.2) is 16.7 Å². The molecule has 0 aliphatic rings. The van der Waals surface area contributed by atoms with Crippen molar-refractivity contribution in [3.8, 4) is 0 Å². The summed E-state index contributed by atoms with van der Waals surface area (Å²) in [6.45, 7) is 2.78. The molecule has 11 heavy (non-hydrogen) atoms. The number of aromatic nitrogens is 2. The van der Waals surface area contributed by atoms with Crippen molar-refractivity contribution < 1.29 is 0 Å². The number of rotatable bonds is 3. The molecule has 0 bridgehead atoms. The highest BCUT2D eigenvalue weighted by Gasteiger charge is 1.97. The molecule has 3 N–H and O–H groups in total. The van der Waals surface area contributed by atoms with E-state index in [0.29, 0.717) is 0 Å². The van der Waals surface area contributed by atoms with E-state index in [4.69, 9.17) is 5.73 Å². The molecular formula is C7H14ClN3. The lowest BCUT2D eigenvalue weighted by atomic mass is 10.1. The van der Waals surface area contributed by atoms with Gasteiger partial charge in [-0.3, -0.25) is 5.10 Å². The first kappa shape index (κ1) is 10.5. The van der Waals surface area contributed by atoms with Gasteiger partial charge in [0.25, 0.3) is 0 Å². The van der Waals surface area contributed by atoms with Gasteiger partial charge in [-0.05, 0) is 31.9 Å². The first-order valence-corrected chi connectivity index (χ1v) is 3.53. The smallest absolute Gasteiger partial charge is 0.0522 e. The lowest BCUT2D eigenvalue weighted by molar-refractivity contribution is 0.828. The Morgan fingerprint density at radius 2 is 2.36 bits per heavy atom. The molecule has 0 amide bonds. The first-order valence-electron chi connectivity index (χ1n) is 3.53. The van der Waals surface area contributed by atoms with Gasteiger partial charge in [0.2, 0.25) is 0 Å². The van der Waals surface area contributed by atoms with E-state index in [2.05, 4.69) is 10.2 Å². The third kappa shape index (κ3) is 2.91. The molecular weight excluding hydrogens is 162 g/mol. The maximum atomic E-state index is 5.36. The number of hydrogen-bond acceptors (Lipinski definition) is 2. The molecule has 0 radical (unpaired) electrons. The molecule has 0 unspecified atom stereocenters. The van der Waals surface area contributed by atoms with Gasteiger partial charge in [0.15, 0.2) is 0 Å². The van der Waals surface area contributed by atoms with E-state index in [1.54, 1.807) is 0 Å².